The maximum Gasteiger partial charge on any atom is 0.260 e. The fraction of sp³-hybridized carbons (Fsp3) is 0.241. The van der Waals surface area contributed by atoms with Gasteiger partial charge in [0.2, 0.25) is 0 Å². The van der Waals surface area contributed by atoms with Crippen LogP contribution in [0.25, 0.3) is 0 Å². The molecule has 0 aliphatic carbocycles. The highest BCUT2D eigenvalue weighted by Crippen LogP contribution is 2.21. The number of nitrogens with zero attached hydrogens (tertiary/aromatic N) is 2. The molecule has 3 aromatic carbocycles. The summed E-state index contributed by atoms with van der Waals surface area (Å²) in [5.41, 5.74) is 7.50. The van der Waals surface area contributed by atoms with Crippen molar-refractivity contribution in [1.82, 2.24) is 10.2 Å². The summed E-state index contributed by atoms with van der Waals surface area (Å²) >= 11 is 0. The fourth-order valence-electron chi connectivity index (χ4n) is 3.73. The molecule has 4 rings (SSSR count). The van der Waals surface area contributed by atoms with E-state index < -0.39 is 17.8 Å². The van der Waals surface area contributed by atoms with Gasteiger partial charge in [0.05, 0.1) is 18.8 Å². The number of nitrogens with two attached hydrogens (primary N) is 1. The molecule has 1 amide bonds. The molecular formula is C29H29FN4O3. The zero-order valence-corrected chi connectivity index (χ0v) is 20.4. The summed E-state index contributed by atoms with van der Waals surface area (Å²) in [5, 5.41) is 2.45. The van der Waals surface area contributed by atoms with E-state index in [2.05, 4.69) is 27.0 Å². The molecule has 0 spiro atoms. The van der Waals surface area contributed by atoms with Crippen LogP contribution in [0, 0.1) is 17.7 Å². The molecule has 3 aromatic rings. The predicted molar refractivity (Wildman–Crippen MR) is 141 cm³/mol. The molecule has 0 aromatic heterocycles. The van der Waals surface area contributed by atoms with E-state index in [1.54, 1.807) is 6.07 Å². The summed E-state index contributed by atoms with van der Waals surface area (Å²) in [7, 11) is 0. The summed E-state index contributed by atoms with van der Waals surface area (Å²) in [5.74, 6) is 5.46. The number of benzene rings is 3. The molecule has 190 valence electrons. The summed E-state index contributed by atoms with van der Waals surface area (Å²) in [6, 6.07) is 21.9. The van der Waals surface area contributed by atoms with Crippen LogP contribution in [0.5, 0.6) is 5.75 Å². The number of carbonyl (C=O) groups excluding carboxylic acids is 1. The minimum Gasteiger partial charge on any atom is -0.492 e. The summed E-state index contributed by atoms with van der Waals surface area (Å²) in [6.07, 6.45) is 0. The fourth-order valence-corrected chi connectivity index (χ4v) is 3.73. The number of hydrogen-bond acceptors (Lipinski definition) is 5. The van der Waals surface area contributed by atoms with Gasteiger partial charge in [0.25, 0.3) is 5.91 Å². The number of rotatable bonds is 7. The maximum absolute atomic E-state index is 14.0. The van der Waals surface area contributed by atoms with Crippen LogP contribution in [0.3, 0.4) is 0 Å². The molecule has 8 heteroatoms. The Labute approximate surface area is 216 Å². The molecule has 1 saturated heterocycles. The number of hydrogen-bond donors (Lipinski definition) is 2. The second-order valence-corrected chi connectivity index (χ2v) is 8.36. The largest absolute Gasteiger partial charge is 0.492 e. The van der Waals surface area contributed by atoms with Gasteiger partial charge in [-0.3, -0.25) is 15.0 Å². The first-order valence-electron chi connectivity index (χ1n) is 12.1. The molecule has 0 radical (unpaired) electrons. The lowest BCUT2D eigenvalue weighted by molar-refractivity contribution is 0.0322. The van der Waals surface area contributed by atoms with Crippen LogP contribution < -0.4 is 15.8 Å². The van der Waals surface area contributed by atoms with E-state index >= 15 is 0 Å². The van der Waals surface area contributed by atoms with E-state index in [0.717, 1.165) is 49.7 Å². The minimum absolute atomic E-state index is 0.119. The van der Waals surface area contributed by atoms with E-state index in [1.165, 1.54) is 18.2 Å². The third-order valence-corrected chi connectivity index (χ3v) is 5.73. The SMILES string of the molecule is NC(=NC(C#Cc1ccccc1)c1ccc(OCCN2CCOCC2)cc1)NC(=O)c1ccccc1F. The first-order valence-corrected chi connectivity index (χ1v) is 12.1. The van der Waals surface area contributed by atoms with Crippen LogP contribution in [0.1, 0.15) is 27.5 Å². The Balaban J connectivity index is 1.47. The van der Waals surface area contributed by atoms with Gasteiger partial charge in [0.1, 0.15) is 24.2 Å². The Bertz CT molecular complexity index is 1260. The van der Waals surface area contributed by atoms with E-state index in [0.29, 0.717) is 6.61 Å². The number of morpholine rings is 1. The zero-order chi connectivity index (χ0) is 25.9. The molecule has 1 aliphatic rings. The second kappa shape index (κ2) is 13.2. The number of aliphatic imine (C=N–C) groups is 1. The first-order chi connectivity index (χ1) is 18.1. The number of halogens is 1. The van der Waals surface area contributed by atoms with Gasteiger partial charge in [-0.15, -0.1) is 0 Å². The summed E-state index contributed by atoms with van der Waals surface area (Å²) in [6.45, 7) is 4.74. The number of guanidine groups is 1. The minimum atomic E-state index is -0.682. The highest BCUT2D eigenvalue weighted by molar-refractivity contribution is 6.05. The van der Waals surface area contributed by atoms with Gasteiger partial charge in [0.15, 0.2) is 5.96 Å². The van der Waals surface area contributed by atoms with Gasteiger partial charge >= 0.3 is 0 Å². The number of ether oxygens (including phenoxy) is 2. The lowest BCUT2D eigenvalue weighted by Gasteiger charge is -2.26. The van der Waals surface area contributed by atoms with E-state index in [-0.39, 0.29) is 11.5 Å². The van der Waals surface area contributed by atoms with Crippen LogP contribution in [0.2, 0.25) is 0 Å². The van der Waals surface area contributed by atoms with Crippen molar-refractivity contribution < 1.29 is 18.7 Å². The van der Waals surface area contributed by atoms with Gasteiger partial charge in [-0.2, -0.15) is 0 Å². The lowest BCUT2D eigenvalue weighted by atomic mass is 10.1. The van der Waals surface area contributed by atoms with Crippen LogP contribution >= 0.6 is 0 Å². The molecule has 1 unspecified atom stereocenters. The van der Waals surface area contributed by atoms with Gasteiger partial charge in [-0.05, 0) is 42.0 Å². The molecule has 1 fully saturated rings. The molecular weight excluding hydrogens is 471 g/mol. The van der Waals surface area contributed by atoms with Crippen LogP contribution in [-0.2, 0) is 4.74 Å². The topological polar surface area (TPSA) is 89.2 Å². The lowest BCUT2D eigenvalue weighted by Crippen LogP contribution is -2.38. The average Bonchev–Trinajstić information content (AvgIpc) is 2.93. The smallest absolute Gasteiger partial charge is 0.260 e. The molecule has 7 nitrogen and oxygen atoms in total. The number of amides is 1. The molecule has 37 heavy (non-hydrogen) atoms. The third-order valence-electron chi connectivity index (χ3n) is 5.73. The molecule has 3 N–H and O–H groups in total. The monoisotopic (exact) mass is 500 g/mol. The highest BCUT2D eigenvalue weighted by atomic mass is 19.1. The van der Waals surface area contributed by atoms with Crippen molar-refractivity contribution in [3.05, 3.63) is 101 Å². The Hall–Kier alpha value is -4.19. The van der Waals surface area contributed by atoms with Crippen molar-refractivity contribution in [1.29, 1.82) is 0 Å². The van der Waals surface area contributed by atoms with E-state index in [1.807, 2.05) is 54.6 Å². The van der Waals surface area contributed by atoms with Crippen LogP contribution in [-0.4, -0.2) is 56.2 Å². The van der Waals surface area contributed by atoms with Crippen molar-refractivity contribution in [2.24, 2.45) is 10.7 Å². The van der Waals surface area contributed by atoms with Crippen molar-refractivity contribution >= 4 is 11.9 Å². The molecule has 1 atom stereocenters. The summed E-state index contributed by atoms with van der Waals surface area (Å²) in [4.78, 5) is 19.2. The van der Waals surface area contributed by atoms with Gasteiger partial charge in [-0.25, -0.2) is 9.38 Å². The molecule has 0 bridgehead atoms. The Kier molecular flexibility index (Phi) is 9.24. The number of nitrogens with one attached hydrogen (secondary N) is 1. The quantitative estimate of drug-likeness (QED) is 0.295. The van der Waals surface area contributed by atoms with Gasteiger partial charge in [-0.1, -0.05) is 54.3 Å². The van der Waals surface area contributed by atoms with Crippen LogP contribution in [0.15, 0.2) is 83.9 Å². The van der Waals surface area contributed by atoms with Crippen molar-refractivity contribution in [2.45, 2.75) is 6.04 Å². The Morgan fingerprint density at radius 2 is 1.76 bits per heavy atom. The van der Waals surface area contributed by atoms with E-state index in [4.69, 9.17) is 15.2 Å². The predicted octanol–water partition coefficient (Wildman–Crippen LogP) is 3.37. The van der Waals surface area contributed by atoms with E-state index in [9.17, 15) is 9.18 Å². The normalized spacial score (nSPS) is 14.8. The third kappa shape index (κ3) is 7.90. The molecule has 1 heterocycles. The highest BCUT2D eigenvalue weighted by Gasteiger charge is 2.14. The van der Waals surface area contributed by atoms with Gasteiger partial charge in [0, 0.05) is 25.2 Å². The summed E-state index contributed by atoms with van der Waals surface area (Å²) < 4.78 is 25.2. The van der Waals surface area contributed by atoms with Crippen molar-refractivity contribution in [3.63, 3.8) is 0 Å². The molecule has 0 saturated carbocycles. The van der Waals surface area contributed by atoms with Gasteiger partial charge < -0.3 is 15.2 Å². The van der Waals surface area contributed by atoms with Crippen molar-refractivity contribution in [3.8, 4) is 17.6 Å². The van der Waals surface area contributed by atoms with Crippen LogP contribution in [0.4, 0.5) is 4.39 Å². The van der Waals surface area contributed by atoms with Crippen molar-refractivity contribution in [2.75, 3.05) is 39.5 Å². The standard InChI is InChI=1S/C29H29FN4O3/c30-26-9-5-4-8-25(26)28(35)33-29(31)32-27(15-10-22-6-2-1-3-7-22)23-11-13-24(14-12-23)37-21-18-34-16-19-36-20-17-34/h1-9,11-14,27H,16-21H2,(H3,31,32,33,35). The first kappa shape index (κ1) is 25.9. The number of carbonyl (C=O) groups is 1. The Morgan fingerprint density at radius 3 is 2.49 bits per heavy atom. The Morgan fingerprint density at radius 1 is 1.05 bits per heavy atom. The second-order valence-electron chi connectivity index (χ2n) is 8.36. The maximum atomic E-state index is 14.0. The average molecular weight is 501 g/mol. The molecule has 1 aliphatic heterocycles. The zero-order valence-electron chi connectivity index (χ0n) is 20.4.